The lowest BCUT2D eigenvalue weighted by Gasteiger charge is -2.26. The average Bonchev–Trinajstić information content (AvgIpc) is 2.78. The molecule has 0 aromatic carbocycles. The van der Waals surface area contributed by atoms with Crippen LogP contribution in [0.1, 0.15) is 27.2 Å². The molecule has 3 unspecified atom stereocenters. The van der Waals surface area contributed by atoms with Gasteiger partial charge in [-0.05, 0) is 44.9 Å². The maximum Gasteiger partial charge on any atom is 0.410 e. The first-order chi connectivity index (χ1) is 9.44. The Bertz CT molecular complexity index is 362. The summed E-state index contributed by atoms with van der Waals surface area (Å²) >= 11 is 0. The second-order valence-corrected chi connectivity index (χ2v) is 7.38. The molecule has 5 heteroatoms. The van der Waals surface area contributed by atoms with E-state index in [1.165, 1.54) is 6.42 Å². The minimum Gasteiger partial charge on any atom is -0.444 e. The third kappa shape index (κ3) is 3.09. The van der Waals surface area contributed by atoms with Gasteiger partial charge in [0.15, 0.2) is 0 Å². The lowest BCUT2D eigenvalue weighted by atomic mass is 10.1. The van der Waals surface area contributed by atoms with Crippen LogP contribution in [0.15, 0.2) is 0 Å². The van der Waals surface area contributed by atoms with Gasteiger partial charge in [0.2, 0.25) is 0 Å². The molecule has 0 radical (unpaired) electrons. The van der Waals surface area contributed by atoms with E-state index in [1.807, 2.05) is 25.7 Å². The highest BCUT2D eigenvalue weighted by Crippen LogP contribution is 2.45. The molecular formula is C15H26N2O3. The summed E-state index contributed by atoms with van der Waals surface area (Å²) in [6.45, 7) is 10.3. The summed E-state index contributed by atoms with van der Waals surface area (Å²) in [5, 5.41) is 3.65. The van der Waals surface area contributed by atoms with Gasteiger partial charge in [0, 0.05) is 32.3 Å². The van der Waals surface area contributed by atoms with Gasteiger partial charge in [0.1, 0.15) is 5.60 Å². The van der Waals surface area contributed by atoms with E-state index in [2.05, 4.69) is 5.32 Å². The Balaban J connectivity index is 1.38. The molecule has 1 amide bonds. The molecule has 1 N–H and O–H groups in total. The molecule has 2 aliphatic heterocycles. The number of hydrogen-bond acceptors (Lipinski definition) is 4. The van der Waals surface area contributed by atoms with Gasteiger partial charge >= 0.3 is 6.09 Å². The topological polar surface area (TPSA) is 50.8 Å². The lowest BCUT2D eigenvalue weighted by molar-refractivity contribution is 0.0269. The molecule has 1 saturated carbocycles. The molecule has 2 saturated heterocycles. The van der Waals surface area contributed by atoms with Crippen LogP contribution in [0.4, 0.5) is 4.79 Å². The third-order valence-corrected chi connectivity index (χ3v) is 4.51. The number of hydrogen-bond donors (Lipinski definition) is 1. The largest absolute Gasteiger partial charge is 0.444 e. The number of ether oxygens (including phenoxy) is 2. The molecule has 3 atom stereocenters. The van der Waals surface area contributed by atoms with Crippen LogP contribution in [0.2, 0.25) is 0 Å². The smallest absolute Gasteiger partial charge is 0.410 e. The zero-order valence-corrected chi connectivity index (χ0v) is 12.7. The van der Waals surface area contributed by atoms with Gasteiger partial charge in [0.25, 0.3) is 0 Å². The summed E-state index contributed by atoms with van der Waals surface area (Å²) in [5.41, 5.74) is -0.399. The second-order valence-electron chi connectivity index (χ2n) is 7.38. The molecule has 5 nitrogen and oxygen atoms in total. The molecule has 3 fully saturated rings. The summed E-state index contributed by atoms with van der Waals surface area (Å²) in [6.07, 6.45) is 1.02. The standard InChI is InChI=1S/C15H26N2O3/c1-15(2,3)20-14(18)17-7-11-12(8-17)13(11)16-6-10-4-5-19-9-10/h10-13,16H,4-9H2,1-3H3. The fourth-order valence-electron chi connectivity index (χ4n) is 3.35. The van der Waals surface area contributed by atoms with Crippen molar-refractivity contribution in [1.82, 2.24) is 10.2 Å². The molecule has 3 rings (SSSR count). The second kappa shape index (κ2) is 5.19. The van der Waals surface area contributed by atoms with Gasteiger partial charge < -0.3 is 19.7 Å². The molecular weight excluding hydrogens is 256 g/mol. The van der Waals surface area contributed by atoms with E-state index in [1.54, 1.807) is 0 Å². The predicted molar refractivity (Wildman–Crippen MR) is 75.5 cm³/mol. The normalized spacial score (nSPS) is 36.0. The highest BCUT2D eigenvalue weighted by Gasteiger charge is 2.57. The molecule has 2 heterocycles. The molecule has 0 aromatic heterocycles. The quantitative estimate of drug-likeness (QED) is 0.852. The van der Waals surface area contributed by atoms with Crippen LogP contribution in [-0.2, 0) is 9.47 Å². The third-order valence-electron chi connectivity index (χ3n) is 4.51. The Morgan fingerprint density at radius 2 is 2.05 bits per heavy atom. The van der Waals surface area contributed by atoms with Crippen LogP contribution in [0, 0.1) is 17.8 Å². The highest BCUT2D eigenvalue weighted by molar-refractivity contribution is 5.69. The number of fused-ring (bicyclic) bond motifs is 1. The fraction of sp³-hybridized carbons (Fsp3) is 0.933. The number of nitrogens with zero attached hydrogens (tertiary/aromatic N) is 1. The average molecular weight is 282 g/mol. The molecule has 114 valence electrons. The Morgan fingerprint density at radius 3 is 2.60 bits per heavy atom. The summed E-state index contributed by atoms with van der Waals surface area (Å²) < 4.78 is 10.8. The minimum absolute atomic E-state index is 0.160. The van der Waals surface area contributed by atoms with Gasteiger partial charge in [0.05, 0.1) is 6.61 Å². The van der Waals surface area contributed by atoms with E-state index in [-0.39, 0.29) is 6.09 Å². The molecule has 3 aliphatic rings. The Hall–Kier alpha value is -0.810. The van der Waals surface area contributed by atoms with Crippen molar-refractivity contribution in [2.75, 3.05) is 32.8 Å². The van der Waals surface area contributed by atoms with Crippen molar-refractivity contribution in [3.8, 4) is 0 Å². The summed E-state index contributed by atoms with van der Waals surface area (Å²) in [5.74, 6) is 1.94. The first-order valence-electron chi connectivity index (χ1n) is 7.73. The van der Waals surface area contributed by atoms with Crippen molar-refractivity contribution in [3.63, 3.8) is 0 Å². The van der Waals surface area contributed by atoms with Crippen molar-refractivity contribution in [1.29, 1.82) is 0 Å². The number of piperidine rings is 1. The van der Waals surface area contributed by atoms with E-state index in [9.17, 15) is 4.79 Å². The summed E-state index contributed by atoms with van der Waals surface area (Å²) in [7, 11) is 0. The first-order valence-corrected chi connectivity index (χ1v) is 7.73. The Morgan fingerprint density at radius 1 is 1.35 bits per heavy atom. The highest BCUT2D eigenvalue weighted by atomic mass is 16.6. The van der Waals surface area contributed by atoms with Crippen LogP contribution >= 0.6 is 0 Å². The van der Waals surface area contributed by atoms with E-state index < -0.39 is 5.60 Å². The monoisotopic (exact) mass is 282 g/mol. The first kappa shape index (κ1) is 14.1. The molecule has 0 spiro atoms. The number of nitrogens with one attached hydrogen (secondary N) is 1. The lowest BCUT2D eigenvalue weighted by Crippen LogP contribution is -2.39. The molecule has 0 bridgehead atoms. The fourth-order valence-corrected chi connectivity index (χ4v) is 3.35. The van der Waals surface area contributed by atoms with Crippen LogP contribution < -0.4 is 5.32 Å². The van der Waals surface area contributed by atoms with E-state index in [4.69, 9.17) is 9.47 Å². The zero-order chi connectivity index (χ0) is 14.3. The maximum absolute atomic E-state index is 12.0. The van der Waals surface area contributed by atoms with Crippen molar-refractivity contribution in [2.24, 2.45) is 17.8 Å². The van der Waals surface area contributed by atoms with Gasteiger partial charge in [-0.25, -0.2) is 4.79 Å². The molecule has 0 aromatic rings. The van der Waals surface area contributed by atoms with E-state index in [0.29, 0.717) is 23.8 Å². The van der Waals surface area contributed by atoms with Crippen LogP contribution in [0.3, 0.4) is 0 Å². The van der Waals surface area contributed by atoms with Crippen LogP contribution in [-0.4, -0.2) is 55.5 Å². The zero-order valence-electron chi connectivity index (χ0n) is 12.7. The van der Waals surface area contributed by atoms with Crippen LogP contribution in [0.25, 0.3) is 0 Å². The van der Waals surface area contributed by atoms with Crippen molar-refractivity contribution < 1.29 is 14.3 Å². The van der Waals surface area contributed by atoms with Gasteiger partial charge in [-0.2, -0.15) is 0 Å². The van der Waals surface area contributed by atoms with Gasteiger partial charge in [-0.15, -0.1) is 0 Å². The van der Waals surface area contributed by atoms with E-state index in [0.717, 1.165) is 32.8 Å². The SMILES string of the molecule is CC(C)(C)OC(=O)N1CC2C(C1)C2NCC1CCOC1. The maximum atomic E-state index is 12.0. The van der Waals surface area contributed by atoms with Crippen molar-refractivity contribution in [2.45, 2.75) is 38.8 Å². The van der Waals surface area contributed by atoms with E-state index >= 15 is 0 Å². The Kier molecular flexibility index (Phi) is 3.67. The number of likely N-dealkylation sites (tertiary alicyclic amines) is 1. The number of carbonyl (C=O) groups excluding carboxylic acids is 1. The Labute approximate surface area is 121 Å². The minimum atomic E-state index is -0.399. The number of amides is 1. The molecule has 20 heavy (non-hydrogen) atoms. The van der Waals surface area contributed by atoms with Crippen molar-refractivity contribution in [3.05, 3.63) is 0 Å². The number of carbonyl (C=O) groups is 1. The predicted octanol–water partition coefficient (Wildman–Crippen LogP) is 1.48. The van der Waals surface area contributed by atoms with Crippen LogP contribution in [0.5, 0.6) is 0 Å². The summed E-state index contributed by atoms with van der Waals surface area (Å²) in [4.78, 5) is 13.8. The van der Waals surface area contributed by atoms with Gasteiger partial charge in [-0.1, -0.05) is 0 Å². The van der Waals surface area contributed by atoms with Crippen molar-refractivity contribution >= 4 is 6.09 Å². The molecule has 1 aliphatic carbocycles. The van der Waals surface area contributed by atoms with Gasteiger partial charge in [-0.3, -0.25) is 0 Å². The number of rotatable bonds is 3. The summed E-state index contributed by atoms with van der Waals surface area (Å²) in [6, 6.07) is 0.606.